The Morgan fingerprint density at radius 1 is 0.974 bits per heavy atom. The quantitative estimate of drug-likeness (QED) is 0.276. The fourth-order valence-corrected chi connectivity index (χ4v) is 5.26. The Balaban J connectivity index is 1.65. The summed E-state index contributed by atoms with van der Waals surface area (Å²) in [6.45, 7) is 5.18. The Morgan fingerprint density at radius 3 is 2.31 bits per heavy atom. The topological polar surface area (TPSA) is 176 Å². The molecule has 39 heavy (non-hydrogen) atoms. The van der Waals surface area contributed by atoms with Crippen LogP contribution in [0, 0.1) is 6.92 Å². The number of benzene rings is 1. The van der Waals surface area contributed by atoms with Crippen LogP contribution in [-0.4, -0.2) is 72.8 Å². The lowest BCUT2D eigenvalue weighted by Crippen LogP contribution is -2.31. The number of rotatable bonds is 9. The molecule has 2 atom stereocenters. The fraction of sp³-hybridized carbons (Fsp3) is 0.292. The second-order valence-electron chi connectivity index (χ2n) is 8.80. The van der Waals surface area contributed by atoms with E-state index in [1.165, 1.54) is 25.1 Å². The van der Waals surface area contributed by atoms with Gasteiger partial charge >= 0.3 is 0 Å². The minimum atomic E-state index is -4.04. The molecule has 5 rings (SSSR count). The first kappa shape index (κ1) is 26.0. The van der Waals surface area contributed by atoms with Crippen LogP contribution in [0.3, 0.4) is 0 Å². The highest BCUT2D eigenvalue weighted by Crippen LogP contribution is 2.36. The summed E-state index contributed by atoms with van der Waals surface area (Å²) in [5.41, 5.74) is 2.24. The van der Waals surface area contributed by atoms with Crippen LogP contribution in [-0.2, 0) is 10.0 Å². The van der Waals surface area contributed by atoms with Crippen LogP contribution in [0.25, 0.3) is 28.1 Å². The van der Waals surface area contributed by atoms with Gasteiger partial charge in [0.25, 0.3) is 0 Å². The van der Waals surface area contributed by atoms with E-state index in [9.17, 15) is 8.42 Å². The van der Waals surface area contributed by atoms with Gasteiger partial charge < -0.3 is 9.47 Å². The van der Waals surface area contributed by atoms with Crippen molar-refractivity contribution in [2.75, 3.05) is 18.9 Å². The first-order valence-corrected chi connectivity index (χ1v) is 13.4. The van der Waals surface area contributed by atoms with E-state index >= 15 is 0 Å². The van der Waals surface area contributed by atoms with Gasteiger partial charge in [0, 0.05) is 23.7 Å². The van der Waals surface area contributed by atoms with Gasteiger partial charge in [0.1, 0.15) is 17.8 Å². The lowest BCUT2D eigenvalue weighted by molar-refractivity contribution is 0.368. The molecule has 1 aromatic carbocycles. The fourth-order valence-electron chi connectivity index (χ4n) is 4.02. The van der Waals surface area contributed by atoms with Crippen LogP contribution in [0.15, 0.2) is 43.0 Å². The number of fused-ring (bicyclic) bond motifs is 1. The maximum absolute atomic E-state index is 13.6. The average molecular weight is 551 g/mol. The van der Waals surface area contributed by atoms with E-state index in [4.69, 9.17) is 9.47 Å². The van der Waals surface area contributed by atoms with Crippen LogP contribution >= 0.6 is 0 Å². The van der Waals surface area contributed by atoms with Crippen molar-refractivity contribution in [3.63, 3.8) is 0 Å². The molecule has 0 saturated carbocycles. The Labute approximate surface area is 223 Å². The molecule has 202 valence electrons. The number of H-pyrrole nitrogens is 1. The molecule has 5 aromatic rings. The van der Waals surface area contributed by atoms with Crippen LogP contribution in [0.4, 0.5) is 5.95 Å². The smallest absolute Gasteiger partial charge is 0.245 e. The van der Waals surface area contributed by atoms with Crippen LogP contribution in [0.1, 0.15) is 31.2 Å². The van der Waals surface area contributed by atoms with Gasteiger partial charge in [-0.05, 0) is 25.5 Å². The van der Waals surface area contributed by atoms with Crippen molar-refractivity contribution in [2.45, 2.75) is 31.9 Å². The molecule has 0 radical (unpaired) electrons. The predicted molar refractivity (Wildman–Crippen MR) is 142 cm³/mol. The molecule has 0 unspecified atom stereocenters. The number of nitrogens with zero attached hydrogens (tertiary/aromatic N) is 8. The van der Waals surface area contributed by atoms with Gasteiger partial charge in [-0.1, -0.05) is 25.1 Å². The standard InChI is InChI=1S/C24H26N10O4S/c1-13-10-25-20(26-11-13)14(2)15(3)39(35,36)33-24-32-31-21(18-16-8-6-7-9-17(16)29-30-18)34(24)19-22(37-4)27-12-28-23(19)38-5/h6-12,14-15H,1-5H3,(H,29,30)(H,32,33)/t14-,15-/m0/s1. The maximum atomic E-state index is 13.6. The van der Waals surface area contributed by atoms with Gasteiger partial charge in [0.15, 0.2) is 11.5 Å². The molecule has 4 heterocycles. The van der Waals surface area contributed by atoms with Crippen LogP contribution < -0.4 is 14.2 Å². The average Bonchev–Trinajstić information content (AvgIpc) is 3.55. The molecule has 2 N–H and O–H groups in total. The van der Waals surface area contributed by atoms with Crippen LogP contribution in [0.2, 0.25) is 0 Å². The number of aryl methyl sites for hydroxylation is 1. The van der Waals surface area contributed by atoms with Gasteiger partial charge in [-0.2, -0.15) is 15.1 Å². The number of anilines is 1. The first-order valence-electron chi connectivity index (χ1n) is 11.9. The third kappa shape index (κ3) is 4.71. The lowest BCUT2D eigenvalue weighted by Gasteiger charge is -2.20. The molecule has 0 fully saturated rings. The molecule has 0 aliphatic rings. The molecular weight excluding hydrogens is 524 g/mol. The summed E-state index contributed by atoms with van der Waals surface area (Å²) in [6.07, 6.45) is 4.57. The Morgan fingerprint density at radius 2 is 1.64 bits per heavy atom. The monoisotopic (exact) mass is 550 g/mol. The zero-order valence-corrected chi connectivity index (χ0v) is 22.6. The van der Waals surface area contributed by atoms with Crippen molar-refractivity contribution in [1.29, 1.82) is 0 Å². The number of sulfonamides is 1. The molecule has 0 aliphatic carbocycles. The number of para-hydroxylation sites is 1. The van der Waals surface area contributed by atoms with E-state index in [1.54, 1.807) is 26.2 Å². The van der Waals surface area contributed by atoms with Gasteiger partial charge in [-0.3, -0.25) is 9.82 Å². The zero-order chi connectivity index (χ0) is 27.7. The van der Waals surface area contributed by atoms with Crippen LogP contribution in [0.5, 0.6) is 11.8 Å². The summed E-state index contributed by atoms with van der Waals surface area (Å²) in [5, 5.41) is 15.7. The third-order valence-electron chi connectivity index (χ3n) is 6.35. The van der Waals surface area contributed by atoms with Crippen molar-refractivity contribution in [1.82, 2.24) is 44.9 Å². The molecular formula is C24H26N10O4S. The second kappa shape index (κ2) is 10.2. The first-order chi connectivity index (χ1) is 18.7. The highest BCUT2D eigenvalue weighted by molar-refractivity contribution is 7.93. The number of hydrogen-bond acceptors (Lipinski definition) is 11. The zero-order valence-electron chi connectivity index (χ0n) is 21.8. The minimum absolute atomic E-state index is 0.109. The Kier molecular flexibility index (Phi) is 6.82. The van der Waals surface area contributed by atoms with Crippen molar-refractivity contribution in [3.8, 4) is 29.0 Å². The van der Waals surface area contributed by atoms with Crippen molar-refractivity contribution >= 4 is 26.9 Å². The molecule has 4 aromatic heterocycles. The molecule has 0 amide bonds. The summed E-state index contributed by atoms with van der Waals surface area (Å²) in [4.78, 5) is 17.0. The van der Waals surface area contributed by atoms with E-state index < -0.39 is 21.2 Å². The summed E-state index contributed by atoms with van der Waals surface area (Å²) < 4.78 is 42.2. The number of aromatic nitrogens is 9. The predicted octanol–water partition coefficient (Wildman–Crippen LogP) is 2.65. The Hall–Kier alpha value is -4.66. The van der Waals surface area contributed by atoms with E-state index in [0.717, 1.165) is 16.5 Å². The van der Waals surface area contributed by atoms with E-state index in [2.05, 4.69) is 45.1 Å². The Bertz CT molecular complexity index is 1710. The van der Waals surface area contributed by atoms with Gasteiger partial charge in [0.05, 0.1) is 25.0 Å². The minimum Gasteiger partial charge on any atom is -0.479 e. The van der Waals surface area contributed by atoms with Crippen molar-refractivity contribution in [2.24, 2.45) is 0 Å². The largest absolute Gasteiger partial charge is 0.479 e. The third-order valence-corrected chi connectivity index (χ3v) is 8.20. The summed E-state index contributed by atoms with van der Waals surface area (Å²) in [6, 6.07) is 7.44. The highest BCUT2D eigenvalue weighted by atomic mass is 32.2. The molecule has 0 saturated heterocycles. The molecule has 0 spiro atoms. The second-order valence-corrected chi connectivity index (χ2v) is 10.8. The maximum Gasteiger partial charge on any atom is 0.245 e. The van der Waals surface area contributed by atoms with E-state index in [1.807, 2.05) is 31.2 Å². The summed E-state index contributed by atoms with van der Waals surface area (Å²) >= 11 is 0. The van der Waals surface area contributed by atoms with Gasteiger partial charge in [-0.15, -0.1) is 10.2 Å². The number of hydrogen-bond donors (Lipinski definition) is 2. The highest BCUT2D eigenvalue weighted by Gasteiger charge is 2.33. The lowest BCUT2D eigenvalue weighted by atomic mass is 10.1. The van der Waals surface area contributed by atoms with Gasteiger partial charge in [-0.25, -0.2) is 23.0 Å². The van der Waals surface area contributed by atoms with Crippen molar-refractivity contribution in [3.05, 3.63) is 54.4 Å². The molecule has 0 aliphatic heterocycles. The summed E-state index contributed by atoms with van der Waals surface area (Å²) in [5.74, 6) is 0.170. The number of aromatic amines is 1. The van der Waals surface area contributed by atoms with Gasteiger partial charge in [0.2, 0.25) is 27.7 Å². The van der Waals surface area contributed by atoms with E-state index in [0.29, 0.717) is 11.5 Å². The normalized spacial score (nSPS) is 13.3. The SMILES string of the molecule is COc1ncnc(OC)c1-n1c(NS(=O)(=O)[C@@H](C)[C@H](C)c2ncc(C)cn2)nnc1-c1n[nH]c2ccccc12. The number of nitrogens with one attached hydrogen (secondary N) is 2. The number of ether oxygens (including phenoxy) is 2. The molecule has 0 bridgehead atoms. The number of methoxy groups -OCH3 is 2. The molecule has 14 nitrogen and oxygen atoms in total. The van der Waals surface area contributed by atoms with Crippen molar-refractivity contribution < 1.29 is 17.9 Å². The van der Waals surface area contributed by atoms with E-state index in [-0.39, 0.29) is 29.2 Å². The summed E-state index contributed by atoms with van der Waals surface area (Å²) in [7, 11) is -1.19. The molecule has 15 heteroatoms.